The van der Waals surface area contributed by atoms with E-state index in [4.69, 9.17) is 27.9 Å². The molecule has 0 heterocycles. The molecular formula is C30H21BrCl2N2O2. The van der Waals surface area contributed by atoms with Crippen molar-refractivity contribution in [1.82, 2.24) is 0 Å². The summed E-state index contributed by atoms with van der Waals surface area (Å²) in [6, 6.07) is 24.9. The fourth-order valence-electron chi connectivity index (χ4n) is 3.82. The molecule has 0 aromatic heterocycles. The van der Waals surface area contributed by atoms with Crippen LogP contribution < -0.4 is 10.1 Å². The SMILES string of the molecule is C=CCc1cc(/C=C(/C#N)C(=O)Nc2cccc(Cl)c2Cl)cc(Br)c1OCc1ccc2ccccc2c1. The van der Waals surface area contributed by atoms with Gasteiger partial charge in [-0.3, -0.25) is 4.79 Å². The largest absolute Gasteiger partial charge is 0.487 e. The van der Waals surface area contributed by atoms with Gasteiger partial charge >= 0.3 is 0 Å². The summed E-state index contributed by atoms with van der Waals surface area (Å²) in [4.78, 5) is 12.8. The minimum atomic E-state index is -0.593. The molecule has 0 radical (unpaired) electrons. The van der Waals surface area contributed by atoms with Gasteiger partial charge in [-0.2, -0.15) is 5.26 Å². The Balaban J connectivity index is 1.58. The van der Waals surface area contributed by atoms with E-state index in [2.05, 4.69) is 52.1 Å². The summed E-state index contributed by atoms with van der Waals surface area (Å²) in [6.07, 6.45) is 3.83. The maximum absolute atomic E-state index is 12.8. The number of anilines is 1. The number of hydrogen-bond donors (Lipinski definition) is 1. The molecule has 4 aromatic rings. The van der Waals surface area contributed by atoms with Crippen LogP contribution in [0, 0.1) is 11.3 Å². The van der Waals surface area contributed by atoms with Crippen LogP contribution in [-0.4, -0.2) is 5.91 Å². The van der Waals surface area contributed by atoms with Crippen LogP contribution in [0.4, 0.5) is 5.69 Å². The number of amides is 1. The van der Waals surface area contributed by atoms with E-state index >= 15 is 0 Å². The fraction of sp³-hybridized carbons (Fsp3) is 0.0667. The normalized spacial score (nSPS) is 11.1. The molecule has 0 fully saturated rings. The number of carbonyl (C=O) groups excluding carboxylic acids is 1. The van der Waals surface area contributed by atoms with Crippen molar-refractivity contribution >= 4 is 67.6 Å². The Hall–Kier alpha value is -3.56. The van der Waals surface area contributed by atoms with E-state index in [0.717, 1.165) is 16.5 Å². The summed E-state index contributed by atoms with van der Waals surface area (Å²) in [5, 5.41) is 15.1. The number of nitrogens with zero attached hydrogens (tertiary/aromatic N) is 1. The lowest BCUT2D eigenvalue weighted by atomic mass is 10.0. The van der Waals surface area contributed by atoms with Gasteiger partial charge in [0.1, 0.15) is 24.0 Å². The average molecular weight is 592 g/mol. The Bertz CT molecular complexity index is 1570. The van der Waals surface area contributed by atoms with E-state index in [-0.39, 0.29) is 10.6 Å². The molecule has 4 rings (SSSR count). The molecular weight excluding hydrogens is 571 g/mol. The lowest BCUT2D eigenvalue weighted by molar-refractivity contribution is -0.112. The highest BCUT2D eigenvalue weighted by molar-refractivity contribution is 9.10. The molecule has 0 atom stereocenters. The second-order valence-corrected chi connectivity index (χ2v) is 9.82. The maximum Gasteiger partial charge on any atom is 0.266 e. The summed E-state index contributed by atoms with van der Waals surface area (Å²) < 4.78 is 6.91. The number of benzene rings is 4. The van der Waals surface area contributed by atoms with E-state index in [0.29, 0.717) is 39.5 Å². The summed E-state index contributed by atoms with van der Waals surface area (Å²) in [5.74, 6) is 0.0866. The number of nitrogens with one attached hydrogen (secondary N) is 1. The predicted octanol–water partition coefficient (Wildman–Crippen LogP) is 8.76. The van der Waals surface area contributed by atoms with Crippen molar-refractivity contribution in [3.63, 3.8) is 0 Å². The fourth-order valence-corrected chi connectivity index (χ4v) is 4.80. The van der Waals surface area contributed by atoms with Gasteiger partial charge in [-0.05, 0) is 86.2 Å². The van der Waals surface area contributed by atoms with E-state index in [1.807, 2.05) is 30.3 Å². The standard InChI is InChI=1S/C30H21BrCl2N2O2/c1-2-6-23-14-20(15-24(17-34)30(36)35-27-10-5-9-26(32)28(27)33)16-25(31)29(23)37-18-19-11-12-21-7-3-4-8-22(21)13-19/h2-5,7-16H,1,6,18H2,(H,35,36)/b24-15-. The highest BCUT2D eigenvalue weighted by atomic mass is 79.9. The van der Waals surface area contributed by atoms with Crippen molar-refractivity contribution in [3.05, 3.63) is 122 Å². The quantitative estimate of drug-likeness (QED) is 0.126. The first-order valence-corrected chi connectivity index (χ1v) is 12.9. The lowest BCUT2D eigenvalue weighted by Crippen LogP contribution is -2.13. The monoisotopic (exact) mass is 590 g/mol. The van der Waals surface area contributed by atoms with Crippen molar-refractivity contribution in [2.24, 2.45) is 0 Å². The van der Waals surface area contributed by atoms with Gasteiger partial charge < -0.3 is 10.1 Å². The Morgan fingerprint density at radius 1 is 1.05 bits per heavy atom. The van der Waals surface area contributed by atoms with Gasteiger partial charge in [0.15, 0.2) is 0 Å². The zero-order chi connectivity index (χ0) is 26.4. The molecule has 184 valence electrons. The van der Waals surface area contributed by atoms with Gasteiger partial charge in [-0.25, -0.2) is 0 Å². The highest BCUT2D eigenvalue weighted by Crippen LogP contribution is 2.34. The minimum absolute atomic E-state index is 0.0858. The summed E-state index contributed by atoms with van der Waals surface area (Å²) in [7, 11) is 0. The molecule has 0 bridgehead atoms. The molecule has 4 nitrogen and oxygen atoms in total. The van der Waals surface area contributed by atoms with Gasteiger partial charge in [0.2, 0.25) is 0 Å². The molecule has 0 aliphatic heterocycles. The summed E-state index contributed by atoms with van der Waals surface area (Å²) in [5.41, 5.74) is 2.81. The molecule has 0 aliphatic carbocycles. The molecule has 0 unspecified atom stereocenters. The van der Waals surface area contributed by atoms with Crippen molar-refractivity contribution in [1.29, 1.82) is 5.26 Å². The zero-order valence-electron chi connectivity index (χ0n) is 19.6. The minimum Gasteiger partial charge on any atom is -0.487 e. The van der Waals surface area contributed by atoms with Crippen LogP contribution in [0.3, 0.4) is 0 Å². The van der Waals surface area contributed by atoms with Crippen LogP contribution in [-0.2, 0) is 17.8 Å². The van der Waals surface area contributed by atoms with E-state index in [1.54, 1.807) is 30.3 Å². The van der Waals surface area contributed by atoms with Crippen molar-refractivity contribution in [3.8, 4) is 11.8 Å². The Morgan fingerprint density at radius 2 is 1.84 bits per heavy atom. The molecule has 1 amide bonds. The third-order valence-corrected chi connectivity index (χ3v) is 6.99. The first-order chi connectivity index (χ1) is 17.9. The molecule has 7 heteroatoms. The highest BCUT2D eigenvalue weighted by Gasteiger charge is 2.15. The Kier molecular flexibility index (Phi) is 8.68. The molecule has 4 aromatic carbocycles. The average Bonchev–Trinajstić information content (AvgIpc) is 2.89. The molecule has 37 heavy (non-hydrogen) atoms. The van der Waals surface area contributed by atoms with Gasteiger partial charge in [0.05, 0.1) is 20.2 Å². The third-order valence-electron chi connectivity index (χ3n) is 5.58. The van der Waals surface area contributed by atoms with Crippen LogP contribution in [0.15, 0.2) is 95.5 Å². The van der Waals surface area contributed by atoms with Crippen LogP contribution in [0.25, 0.3) is 16.8 Å². The third kappa shape index (κ3) is 6.42. The van der Waals surface area contributed by atoms with Crippen molar-refractivity contribution in [2.45, 2.75) is 13.0 Å². The molecule has 0 aliphatic rings. The summed E-state index contributed by atoms with van der Waals surface area (Å²) in [6.45, 7) is 4.23. The first-order valence-electron chi connectivity index (χ1n) is 11.3. The van der Waals surface area contributed by atoms with Crippen LogP contribution in [0.5, 0.6) is 5.75 Å². The number of ether oxygens (including phenoxy) is 1. The van der Waals surface area contributed by atoms with Gasteiger partial charge in [0.25, 0.3) is 5.91 Å². The Labute approximate surface area is 233 Å². The van der Waals surface area contributed by atoms with Gasteiger partial charge in [0, 0.05) is 0 Å². The van der Waals surface area contributed by atoms with Crippen LogP contribution in [0.2, 0.25) is 10.0 Å². The zero-order valence-corrected chi connectivity index (χ0v) is 22.7. The number of halogens is 3. The number of carbonyl (C=O) groups is 1. The van der Waals surface area contributed by atoms with Crippen molar-refractivity contribution < 1.29 is 9.53 Å². The molecule has 1 N–H and O–H groups in total. The number of nitriles is 1. The predicted molar refractivity (Wildman–Crippen MR) is 155 cm³/mol. The molecule has 0 spiro atoms. The van der Waals surface area contributed by atoms with Crippen LogP contribution in [0.1, 0.15) is 16.7 Å². The Morgan fingerprint density at radius 3 is 2.59 bits per heavy atom. The second kappa shape index (κ2) is 12.1. The van der Waals surface area contributed by atoms with Gasteiger partial charge in [-0.15, -0.1) is 6.58 Å². The number of fused-ring (bicyclic) bond motifs is 1. The van der Waals surface area contributed by atoms with E-state index in [1.165, 1.54) is 11.5 Å². The second-order valence-electron chi connectivity index (χ2n) is 8.18. The maximum atomic E-state index is 12.8. The van der Waals surface area contributed by atoms with E-state index < -0.39 is 5.91 Å². The molecule has 0 saturated heterocycles. The van der Waals surface area contributed by atoms with E-state index in [9.17, 15) is 10.1 Å². The number of rotatable bonds is 8. The van der Waals surface area contributed by atoms with Crippen LogP contribution >= 0.6 is 39.1 Å². The molecule has 0 saturated carbocycles. The van der Waals surface area contributed by atoms with Crippen molar-refractivity contribution in [2.75, 3.05) is 5.32 Å². The number of hydrogen-bond acceptors (Lipinski definition) is 3. The lowest BCUT2D eigenvalue weighted by Gasteiger charge is -2.15. The van der Waals surface area contributed by atoms with Gasteiger partial charge in [-0.1, -0.05) is 71.7 Å². The summed E-state index contributed by atoms with van der Waals surface area (Å²) >= 11 is 15.8. The first kappa shape index (κ1) is 26.5. The smallest absolute Gasteiger partial charge is 0.266 e. The number of allylic oxidation sites excluding steroid dienone is 1. The topological polar surface area (TPSA) is 62.1 Å².